The average molecular weight is 439 g/mol. The largest absolute Gasteiger partial charge is 0.464 e. The molecule has 11 nitrogen and oxygen atoms in total. The van der Waals surface area contributed by atoms with Crippen molar-refractivity contribution in [1.29, 1.82) is 0 Å². The lowest BCUT2D eigenvalue weighted by atomic mass is 10.2. The summed E-state index contributed by atoms with van der Waals surface area (Å²) in [4.78, 5) is 27.5. The summed E-state index contributed by atoms with van der Waals surface area (Å²) in [5, 5.41) is 19.8. The SMILES string of the molecule is Cc1nn(C)cc1CN1CCN(C(=O)c2ccn(COc3ccccc3[N+](=O)[O-])n2)CC1. The molecule has 1 aliphatic heterocycles. The van der Waals surface area contributed by atoms with Crippen molar-refractivity contribution in [2.24, 2.45) is 7.05 Å². The van der Waals surface area contributed by atoms with Gasteiger partial charge in [-0.05, 0) is 19.1 Å². The fourth-order valence-electron chi connectivity index (χ4n) is 3.73. The molecule has 1 saturated heterocycles. The topological polar surface area (TPSA) is 112 Å². The highest BCUT2D eigenvalue weighted by Crippen LogP contribution is 2.26. The summed E-state index contributed by atoms with van der Waals surface area (Å²) >= 11 is 0. The number of aromatic nitrogens is 4. The first-order chi connectivity index (χ1) is 15.4. The number of nitro benzene ring substituents is 1. The lowest BCUT2D eigenvalue weighted by Crippen LogP contribution is -2.48. The molecule has 168 valence electrons. The fraction of sp³-hybridized carbons (Fsp3) is 0.381. The molecule has 3 heterocycles. The molecular formula is C21H25N7O4. The highest BCUT2D eigenvalue weighted by atomic mass is 16.6. The van der Waals surface area contributed by atoms with Gasteiger partial charge in [0.05, 0.1) is 10.6 Å². The van der Waals surface area contributed by atoms with Crippen LogP contribution >= 0.6 is 0 Å². The summed E-state index contributed by atoms with van der Waals surface area (Å²) in [5.74, 6) is 0.0208. The molecule has 3 aromatic rings. The number of carbonyl (C=O) groups is 1. The third-order valence-electron chi connectivity index (χ3n) is 5.44. The van der Waals surface area contributed by atoms with Crippen LogP contribution in [-0.2, 0) is 20.3 Å². The number of ether oxygens (including phenoxy) is 1. The predicted octanol–water partition coefficient (Wildman–Crippen LogP) is 1.83. The smallest absolute Gasteiger partial charge is 0.311 e. The van der Waals surface area contributed by atoms with Gasteiger partial charge in [-0.3, -0.25) is 24.5 Å². The van der Waals surface area contributed by atoms with E-state index in [1.165, 1.54) is 22.4 Å². The van der Waals surface area contributed by atoms with Gasteiger partial charge in [0.25, 0.3) is 5.91 Å². The summed E-state index contributed by atoms with van der Waals surface area (Å²) in [5.41, 5.74) is 2.44. The van der Waals surface area contributed by atoms with Gasteiger partial charge in [-0.1, -0.05) is 12.1 Å². The van der Waals surface area contributed by atoms with E-state index in [1.807, 2.05) is 24.9 Å². The average Bonchev–Trinajstić information content (AvgIpc) is 3.38. The number of nitro groups is 1. The van der Waals surface area contributed by atoms with Gasteiger partial charge in [0.2, 0.25) is 0 Å². The molecule has 4 rings (SSSR count). The molecule has 0 saturated carbocycles. The standard InChI is InChI=1S/C21H25N7O4/c1-16-17(13-24(2)22-16)14-25-9-11-26(12-10-25)21(29)18-7-8-27(23-18)15-32-20-6-4-3-5-19(20)28(30)31/h3-8,13H,9-12,14-15H2,1-2H3. The lowest BCUT2D eigenvalue weighted by Gasteiger charge is -2.34. The van der Waals surface area contributed by atoms with Gasteiger partial charge in [0.1, 0.15) is 0 Å². The van der Waals surface area contributed by atoms with E-state index in [1.54, 1.807) is 29.3 Å². The maximum Gasteiger partial charge on any atom is 0.311 e. The molecule has 2 aromatic heterocycles. The molecule has 1 aliphatic rings. The van der Waals surface area contributed by atoms with Crippen molar-refractivity contribution in [3.05, 3.63) is 69.8 Å². The van der Waals surface area contributed by atoms with E-state index >= 15 is 0 Å². The van der Waals surface area contributed by atoms with Gasteiger partial charge < -0.3 is 9.64 Å². The van der Waals surface area contributed by atoms with Crippen LogP contribution in [0.25, 0.3) is 0 Å². The second kappa shape index (κ2) is 9.18. The van der Waals surface area contributed by atoms with Crippen LogP contribution < -0.4 is 4.74 Å². The zero-order chi connectivity index (χ0) is 22.7. The van der Waals surface area contributed by atoms with Crippen molar-refractivity contribution in [2.75, 3.05) is 26.2 Å². The number of piperazine rings is 1. The van der Waals surface area contributed by atoms with Crippen LogP contribution in [-0.4, -0.2) is 66.4 Å². The zero-order valence-electron chi connectivity index (χ0n) is 18.0. The Morgan fingerprint density at radius 3 is 2.59 bits per heavy atom. The van der Waals surface area contributed by atoms with Crippen LogP contribution in [0.5, 0.6) is 5.75 Å². The Morgan fingerprint density at radius 1 is 1.16 bits per heavy atom. The number of aryl methyl sites for hydroxylation is 2. The predicted molar refractivity (Wildman–Crippen MR) is 115 cm³/mol. The number of amides is 1. The minimum atomic E-state index is -0.497. The maximum absolute atomic E-state index is 12.8. The van der Waals surface area contributed by atoms with Crippen molar-refractivity contribution in [2.45, 2.75) is 20.2 Å². The van der Waals surface area contributed by atoms with E-state index < -0.39 is 4.92 Å². The lowest BCUT2D eigenvalue weighted by molar-refractivity contribution is -0.386. The summed E-state index contributed by atoms with van der Waals surface area (Å²) in [6.45, 7) is 5.60. The minimum absolute atomic E-state index is 0.0314. The molecule has 0 unspecified atom stereocenters. The number of nitrogens with zero attached hydrogens (tertiary/aromatic N) is 7. The summed E-state index contributed by atoms with van der Waals surface area (Å²) in [6, 6.07) is 7.78. The molecule has 1 aromatic carbocycles. The van der Waals surface area contributed by atoms with Crippen molar-refractivity contribution < 1.29 is 14.5 Å². The number of rotatable bonds is 7. The van der Waals surface area contributed by atoms with Gasteiger partial charge in [0, 0.05) is 63.8 Å². The number of hydrogen-bond acceptors (Lipinski definition) is 7. The van der Waals surface area contributed by atoms with Crippen LogP contribution in [0.2, 0.25) is 0 Å². The highest BCUT2D eigenvalue weighted by molar-refractivity contribution is 5.92. The second-order valence-corrected chi connectivity index (χ2v) is 7.72. The summed E-state index contributed by atoms with van der Waals surface area (Å²) in [6.07, 6.45) is 3.66. The number of benzene rings is 1. The molecule has 1 fully saturated rings. The first-order valence-corrected chi connectivity index (χ1v) is 10.3. The molecule has 0 radical (unpaired) electrons. The molecule has 1 amide bonds. The molecule has 0 atom stereocenters. The molecule has 0 aliphatic carbocycles. The third-order valence-corrected chi connectivity index (χ3v) is 5.44. The number of para-hydroxylation sites is 2. The van der Waals surface area contributed by atoms with E-state index in [2.05, 4.69) is 15.1 Å². The quantitative estimate of drug-likeness (QED) is 0.408. The molecule has 0 N–H and O–H groups in total. The molecule has 11 heteroatoms. The maximum atomic E-state index is 12.8. The zero-order valence-corrected chi connectivity index (χ0v) is 18.0. The van der Waals surface area contributed by atoms with Gasteiger partial charge in [-0.2, -0.15) is 10.2 Å². The Balaban J connectivity index is 1.30. The molecule has 0 bridgehead atoms. The van der Waals surface area contributed by atoms with Gasteiger partial charge >= 0.3 is 5.69 Å². The van der Waals surface area contributed by atoms with Crippen LogP contribution in [0, 0.1) is 17.0 Å². The van der Waals surface area contributed by atoms with Crippen LogP contribution in [0.1, 0.15) is 21.7 Å². The Labute approximate surface area is 184 Å². The van der Waals surface area contributed by atoms with E-state index in [0.717, 1.165) is 25.3 Å². The highest BCUT2D eigenvalue weighted by Gasteiger charge is 2.24. The van der Waals surface area contributed by atoms with Crippen molar-refractivity contribution >= 4 is 11.6 Å². The molecule has 32 heavy (non-hydrogen) atoms. The summed E-state index contributed by atoms with van der Waals surface area (Å²) < 4.78 is 8.80. The van der Waals surface area contributed by atoms with Gasteiger partial charge in [-0.15, -0.1) is 0 Å². The second-order valence-electron chi connectivity index (χ2n) is 7.72. The Hall–Kier alpha value is -3.73. The number of hydrogen-bond donors (Lipinski definition) is 0. The Bertz CT molecular complexity index is 1120. The van der Waals surface area contributed by atoms with Crippen LogP contribution in [0.4, 0.5) is 5.69 Å². The van der Waals surface area contributed by atoms with Crippen molar-refractivity contribution in [3.8, 4) is 5.75 Å². The third kappa shape index (κ3) is 4.78. The van der Waals surface area contributed by atoms with Crippen molar-refractivity contribution in [3.63, 3.8) is 0 Å². The Kier molecular flexibility index (Phi) is 6.17. The van der Waals surface area contributed by atoms with E-state index in [0.29, 0.717) is 18.8 Å². The normalized spacial score (nSPS) is 14.5. The van der Waals surface area contributed by atoms with Gasteiger partial charge in [-0.25, -0.2) is 4.68 Å². The van der Waals surface area contributed by atoms with Gasteiger partial charge in [0.15, 0.2) is 18.2 Å². The number of carbonyl (C=O) groups excluding carboxylic acids is 1. The Morgan fingerprint density at radius 2 is 1.91 bits per heavy atom. The van der Waals surface area contributed by atoms with E-state index in [-0.39, 0.29) is 24.1 Å². The van der Waals surface area contributed by atoms with E-state index in [9.17, 15) is 14.9 Å². The minimum Gasteiger partial charge on any atom is -0.464 e. The monoisotopic (exact) mass is 439 g/mol. The van der Waals surface area contributed by atoms with E-state index in [4.69, 9.17) is 4.74 Å². The van der Waals surface area contributed by atoms with Crippen LogP contribution in [0.15, 0.2) is 42.7 Å². The van der Waals surface area contributed by atoms with Crippen molar-refractivity contribution in [1.82, 2.24) is 29.4 Å². The first-order valence-electron chi connectivity index (χ1n) is 10.3. The van der Waals surface area contributed by atoms with Crippen LogP contribution in [0.3, 0.4) is 0 Å². The molecule has 0 spiro atoms. The fourth-order valence-corrected chi connectivity index (χ4v) is 3.73. The summed E-state index contributed by atoms with van der Waals surface area (Å²) in [7, 11) is 1.92. The molecular weight excluding hydrogens is 414 g/mol. The first kappa shape index (κ1) is 21.5.